The van der Waals surface area contributed by atoms with Crippen LogP contribution < -0.4 is 5.32 Å². The molecule has 1 fully saturated rings. The van der Waals surface area contributed by atoms with Gasteiger partial charge in [-0.3, -0.25) is 4.79 Å². The maximum atomic E-state index is 10.6. The van der Waals surface area contributed by atoms with Gasteiger partial charge >= 0.3 is 0 Å². The van der Waals surface area contributed by atoms with Crippen molar-refractivity contribution in [1.29, 1.82) is 0 Å². The van der Waals surface area contributed by atoms with E-state index in [1.54, 1.807) is 0 Å². The number of hydrogen-bond donors (Lipinski definition) is 2. The summed E-state index contributed by atoms with van der Waals surface area (Å²) >= 11 is 5.24. The van der Waals surface area contributed by atoms with E-state index in [0.717, 1.165) is 0 Å². The van der Waals surface area contributed by atoms with E-state index in [-0.39, 0.29) is 23.9 Å². The van der Waals surface area contributed by atoms with Crippen LogP contribution in [-0.4, -0.2) is 29.0 Å². The fourth-order valence-corrected chi connectivity index (χ4v) is 1.05. The second-order valence-electron chi connectivity index (χ2n) is 2.52. The molecule has 3 nitrogen and oxygen atoms in total. The molecule has 0 aromatic carbocycles. The van der Waals surface area contributed by atoms with Crippen molar-refractivity contribution in [2.45, 2.75) is 25.0 Å². The van der Waals surface area contributed by atoms with Crippen LogP contribution in [0.15, 0.2) is 0 Å². The Morgan fingerprint density at radius 3 is 2.70 bits per heavy atom. The molecule has 1 aliphatic rings. The molecular formula is C6H10ClNO2. The highest BCUT2D eigenvalue weighted by Crippen LogP contribution is 2.18. The topological polar surface area (TPSA) is 49.3 Å². The van der Waals surface area contributed by atoms with Crippen molar-refractivity contribution < 1.29 is 9.90 Å². The third kappa shape index (κ3) is 1.85. The number of rotatable bonds is 2. The van der Waals surface area contributed by atoms with Gasteiger partial charge in [-0.25, -0.2) is 0 Å². The molecule has 58 valence electrons. The minimum Gasteiger partial charge on any atom is -0.393 e. The van der Waals surface area contributed by atoms with Crippen LogP contribution in [0.4, 0.5) is 0 Å². The van der Waals surface area contributed by atoms with Crippen molar-refractivity contribution in [3.63, 3.8) is 0 Å². The Hall–Kier alpha value is -0.280. The monoisotopic (exact) mass is 163 g/mol. The number of hydrogen-bond acceptors (Lipinski definition) is 2. The lowest BCUT2D eigenvalue weighted by atomic mass is 9.89. The molecule has 0 aromatic heterocycles. The lowest BCUT2D eigenvalue weighted by Crippen LogP contribution is -2.47. The number of aliphatic hydroxyl groups excluding tert-OH is 1. The van der Waals surface area contributed by atoms with Gasteiger partial charge in [-0.15, -0.1) is 11.6 Å². The van der Waals surface area contributed by atoms with Gasteiger partial charge in [-0.05, 0) is 12.8 Å². The first kappa shape index (κ1) is 7.82. The zero-order chi connectivity index (χ0) is 7.56. The molecule has 0 spiro atoms. The summed E-state index contributed by atoms with van der Waals surface area (Å²) in [6, 6.07) is 0.154. The summed E-state index contributed by atoms with van der Waals surface area (Å²) in [6.45, 7) is 0. The van der Waals surface area contributed by atoms with Gasteiger partial charge in [0.2, 0.25) is 5.91 Å². The van der Waals surface area contributed by atoms with Gasteiger partial charge in [0, 0.05) is 6.04 Å². The van der Waals surface area contributed by atoms with Crippen molar-refractivity contribution >= 4 is 17.5 Å². The molecule has 4 heteroatoms. The van der Waals surface area contributed by atoms with Crippen molar-refractivity contribution in [2.24, 2.45) is 0 Å². The zero-order valence-corrected chi connectivity index (χ0v) is 6.27. The van der Waals surface area contributed by atoms with Crippen LogP contribution >= 0.6 is 11.6 Å². The smallest absolute Gasteiger partial charge is 0.235 e. The Morgan fingerprint density at radius 2 is 2.30 bits per heavy atom. The molecule has 1 saturated carbocycles. The Bertz CT molecular complexity index is 134. The zero-order valence-electron chi connectivity index (χ0n) is 5.51. The molecule has 0 atom stereocenters. The lowest BCUT2D eigenvalue weighted by molar-refractivity contribution is -0.120. The molecule has 0 aromatic rings. The maximum absolute atomic E-state index is 10.6. The van der Waals surface area contributed by atoms with Gasteiger partial charge in [0.05, 0.1) is 6.10 Å². The first-order valence-corrected chi connectivity index (χ1v) is 3.79. The highest BCUT2D eigenvalue weighted by Gasteiger charge is 2.27. The lowest BCUT2D eigenvalue weighted by Gasteiger charge is -2.31. The molecule has 0 bridgehead atoms. The number of carbonyl (C=O) groups excluding carboxylic acids is 1. The highest BCUT2D eigenvalue weighted by molar-refractivity contribution is 6.27. The predicted octanol–water partition coefficient (Wildman–Crippen LogP) is -0.135. The summed E-state index contributed by atoms with van der Waals surface area (Å²) in [5, 5.41) is 11.5. The third-order valence-electron chi connectivity index (χ3n) is 1.60. The van der Waals surface area contributed by atoms with Crippen LogP contribution in [0.5, 0.6) is 0 Å². The molecule has 0 heterocycles. The molecule has 1 rings (SSSR count). The summed E-state index contributed by atoms with van der Waals surface area (Å²) in [7, 11) is 0. The maximum Gasteiger partial charge on any atom is 0.235 e. The quantitative estimate of drug-likeness (QED) is 0.557. The van der Waals surface area contributed by atoms with Crippen molar-refractivity contribution in [3.8, 4) is 0 Å². The van der Waals surface area contributed by atoms with Gasteiger partial charge in [-0.1, -0.05) is 0 Å². The van der Waals surface area contributed by atoms with Gasteiger partial charge < -0.3 is 10.4 Å². The second-order valence-corrected chi connectivity index (χ2v) is 2.79. The Kier molecular flexibility index (Phi) is 2.51. The van der Waals surface area contributed by atoms with Gasteiger partial charge in [-0.2, -0.15) is 0 Å². The van der Waals surface area contributed by atoms with Crippen LogP contribution in [0, 0.1) is 0 Å². The molecule has 0 radical (unpaired) electrons. The van der Waals surface area contributed by atoms with Gasteiger partial charge in [0.15, 0.2) is 0 Å². The van der Waals surface area contributed by atoms with Crippen LogP contribution in [0.2, 0.25) is 0 Å². The number of halogens is 1. The second kappa shape index (κ2) is 3.21. The summed E-state index contributed by atoms with van der Waals surface area (Å²) < 4.78 is 0. The van der Waals surface area contributed by atoms with Crippen LogP contribution in [0.1, 0.15) is 12.8 Å². The van der Waals surface area contributed by atoms with E-state index in [2.05, 4.69) is 5.32 Å². The Labute approximate surface area is 64.4 Å². The van der Waals surface area contributed by atoms with E-state index < -0.39 is 0 Å². The molecular weight excluding hydrogens is 154 g/mol. The van der Waals surface area contributed by atoms with E-state index in [1.807, 2.05) is 0 Å². The molecule has 10 heavy (non-hydrogen) atoms. The minimum absolute atomic E-state index is 0.00654. The van der Waals surface area contributed by atoms with Crippen molar-refractivity contribution in [3.05, 3.63) is 0 Å². The van der Waals surface area contributed by atoms with E-state index in [4.69, 9.17) is 16.7 Å². The van der Waals surface area contributed by atoms with Crippen LogP contribution in [0.25, 0.3) is 0 Å². The average Bonchev–Trinajstić information content (AvgIpc) is 1.84. The Morgan fingerprint density at radius 1 is 1.70 bits per heavy atom. The molecule has 0 unspecified atom stereocenters. The summed E-state index contributed by atoms with van der Waals surface area (Å²) in [4.78, 5) is 10.6. The largest absolute Gasteiger partial charge is 0.393 e. The van der Waals surface area contributed by atoms with Crippen LogP contribution in [0.3, 0.4) is 0 Å². The summed E-state index contributed by atoms with van der Waals surface area (Å²) in [5.41, 5.74) is 0. The van der Waals surface area contributed by atoms with Crippen molar-refractivity contribution in [1.82, 2.24) is 5.32 Å². The number of carbonyl (C=O) groups is 1. The van der Waals surface area contributed by atoms with Crippen molar-refractivity contribution in [2.75, 3.05) is 5.88 Å². The van der Waals surface area contributed by atoms with Gasteiger partial charge in [0.25, 0.3) is 0 Å². The summed E-state index contributed by atoms with van der Waals surface area (Å²) in [6.07, 6.45) is 1.12. The standard InChI is InChI=1S/C6H10ClNO2/c7-3-6(10)8-4-1-5(9)2-4/h4-5,9H,1-3H2,(H,8,10). The third-order valence-corrected chi connectivity index (χ3v) is 1.84. The molecule has 0 aliphatic heterocycles. The number of amides is 1. The van der Waals surface area contributed by atoms with Crippen LogP contribution in [-0.2, 0) is 4.79 Å². The molecule has 1 amide bonds. The SMILES string of the molecule is O=C(CCl)NC1CC(O)C1. The van der Waals surface area contributed by atoms with E-state index in [9.17, 15) is 4.79 Å². The fourth-order valence-electron chi connectivity index (χ4n) is 0.972. The molecule has 1 aliphatic carbocycles. The van der Waals surface area contributed by atoms with E-state index in [0.29, 0.717) is 12.8 Å². The normalized spacial score (nSPS) is 31.0. The number of aliphatic hydroxyl groups is 1. The van der Waals surface area contributed by atoms with E-state index >= 15 is 0 Å². The minimum atomic E-state index is -0.222. The number of nitrogens with one attached hydrogen (secondary N) is 1. The average molecular weight is 164 g/mol. The number of alkyl halides is 1. The molecule has 0 saturated heterocycles. The predicted molar refractivity (Wildman–Crippen MR) is 37.9 cm³/mol. The van der Waals surface area contributed by atoms with E-state index in [1.165, 1.54) is 0 Å². The Balaban J connectivity index is 2.10. The highest BCUT2D eigenvalue weighted by atomic mass is 35.5. The first-order chi connectivity index (χ1) is 4.72. The first-order valence-electron chi connectivity index (χ1n) is 3.25. The van der Waals surface area contributed by atoms with Gasteiger partial charge in [0.1, 0.15) is 5.88 Å². The fraction of sp³-hybridized carbons (Fsp3) is 0.833. The molecule has 2 N–H and O–H groups in total. The summed E-state index contributed by atoms with van der Waals surface area (Å²) in [5.74, 6) is -0.148.